The number of nitrogens with zero attached hydrogens (tertiary/aromatic N) is 2. The number of hydrogen-bond donors (Lipinski definition) is 1. The van der Waals surface area contributed by atoms with Crippen LogP contribution < -0.4 is 5.14 Å². The highest BCUT2D eigenvalue weighted by Gasteiger charge is 2.20. The predicted molar refractivity (Wildman–Crippen MR) is 92.1 cm³/mol. The summed E-state index contributed by atoms with van der Waals surface area (Å²) in [5.74, 6) is 0.712. The second-order valence-corrected chi connectivity index (χ2v) is 7.80. The van der Waals surface area contributed by atoms with Crippen LogP contribution >= 0.6 is 23.4 Å². The summed E-state index contributed by atoms with van der Waals surface area (Å²) in [5.41, 5.74) is 1.38. The van der Waals surface area contributed by atoms with E-state index in [1.807, 2.05) is 30.3 Å². The van der Waals surface area contributed by atoms with Crippen LogP contribution in [0.5, 0.6) is 0 Å². The van der Waals surface area contributed by atoms with E-state index < -0.39 is 10.0 Å². The minimum Gasteiger partial charge on any atom is -0.423 e. The smallest absolute Gasteiger partial charge is 0.248 e. The van der Waals surface area contributed by atoms with Crippen LogP contribution in [0.15, 0.2) is 63.1 Å². The lowest BCUT2D eigenvalue weighted by atomic mass is 10.2. The van der Waals surface area contributed by atoms with Gasteiger partial charge in [-0.25, -0.2) is 13.6 Å². The highest BCUT2D eigenvalue weighted by atomic mass is 35.5. The first kappa shape index (κ1) is 17.0. The molecule has 9 heteroatoms. The molecule has 0 aliphatic rings. The van der Waals surface area contributed by atoms with E-state index in [2.05, 4.69) is 10.2 Å². The van der Waals surface area contributed by atoms with E-state index >= 15 is 0 Å². The Hall–Kier alpha value is -1.87. The molecular weight excluding hydrogens is 370 g/mol. The minimum atomic E-state index is -3.94. The van der Waals surface area contributed by atoms with Gasteiger partial charge in [0, 0.05) is 10.6 Å². The molecule has 3 aromatic rings. The number of benzene rings is 2. The van der Waals surface area contributed by atoms with Gasteiger partial charge in [0.1, 0.15) is 0 Å². The molecule has 0 atom stereocenters. The molecule has 0 aliphatic carbocycles. The van der Waals surface area contributed by atoms with Gasteiger partial charge in [-0.2, -0.15) is 0 Å². The van der Waals surface area contributed by atoms with E-state index in [4.69, 9.17) is 21.2 Å². The molecule has 2 aromatic carbocycles. The zero-order valence-electron chi connectivity index (χ0n) is 12.2. The molecule has 2 N–H and O–H groups in total. The molecule has 1 aromatic heterocycles. The van der Waals surface area contributed by atoms with Crippen LogP contribution in [0, 0.1) is 0 Å². The molecule has 0 saturated carbocycles. The normalized spacial score (nSPS) is 11.6. The topological polar surface area (TPSA) is 99.1 Å². The number of aromatic nitrogens is 2. The molecule has 0 spiro atoms. The Morgan fingerprint density at radius 1 is 1.21 bits per heavy atom. The van der Waals surface area contributed by atoms with Crippen molar-refractivity contribution in [1.29, 1.82) is 0 Å². The van der Waals surface area contributed by atoms with Gasteiger partial charge in [0.05, 0.1) is 15.5 Å². The second kappa shape index (κ2) is 6.94. The summed E-state index contributed by atoms with van der Waals surface area (Å²) in [6, 6.07) is 12.6. The molecule has 24 heavy (non-hydrogen) atoms. The molecule has 6 nitrogen and oxygen atoms in total. The van der Waals surface area contributed by atoms with Gasteiger partial charge >= 0.3 is 0 Å². The van der Waals surface area contributed by atoms with E-state index in [0.717, 1.165) is 12.0 Å². The lowest BCUT2D eigenvalue weighted by Gasteiger charge is -2.10. The average molecular weight is 382 g/mol. The first-order valence-corrected chi connectivity index (χ1v) is 9.66. The monoisotopic (exact) mass is 381 g/mol. The average Bonchev–Trinajstić information content (AvgIpc) is 3.07. The molecule has 0 aliphatic heterocycles. The molecular formula is C15H12ClN3O3S2. The summed E-state index contributed by atoms with van der Waals surface area (Å²) in [7, 11) is -3.94. The van der Waals surface area contributed by atoms with Gasteiger partial charge in [-0.3, -0.25) is 0 Å². The van der Waals surface area contributed by atoms with Crippen molar-refractivity contribution in [3.05, 3.63) is 59.4 Å². The third kappa shape index (κ3) is 3.78. The van der Waals surface area contributed by atoms with Crippen LogP contribution in [0.25, 0.3) is 11.5 Å². The largest absolute Gasteiger partial charge is 0.423 e. The van der Waals surface area contributed by atoms with E-state index in [1.54, 1.807) is 6.07 Å². The molecule has 0 unspecified atom stereocenters. The molecule has 0 bridgehead atoms. The SMILES string of the molecule is NS(=O)(=O)c1cc(-c2nnco2)c(Cl)cc1SCc1ccccc1. The first-order valence-electron chi connectivity index (χ1n) is 6.75. The number of hydrogen-bond acceptors (Lipinski definition) is 6. The van der Waals surface area contributed by atoms with Crippen LogP contribution in [-0.2, 0) is 15.8 Å². The second-order valence-electron chi connectivity index (χ2n) is 4.84. The van der Waals surface area contributed by atoms with E-state index in [1.165, 1.54) is 17.8 Å². The summed E-state index contributed by atoms with van der Waals surface area (Å²) in [4.78, 5) is 0.440. The Labute approximate surface area is 148 Å². The zero-order valence-corrected chi connectivity index (χ0v) is 14.6. The number of sulfonamides is 1. The lowest BCUT2D eigenvalue weighted by molar-refractivity contribution is 0.568. The van der Waals surface area contributed by atoms with Crippen LogP contribution in [0.4, 0.5) is 0 Å². The molecule has 0 amide bonds. The predicted octanol–water partition coefficient (Wildman–Crippen LogP) is 3.33. The fraction of sp³-hybridized carbons (Fsp3) is 0.0667. The standard InChI is InChI=1S/C15H12ClN3O3S2/c16-12-7-13(23-8-10-4-2-1-3-5-10)14(24(17,20)21)6-11(12)15-19-18-9-22-15/h1-7,9H,8H2,(H2,17,20,21). The summed E-state index contributed by atoms with van der Waals surface area (Å²) >= 11 is 7.58. The van der Waals surface area contributed by atoms with Gasteiger partial charge in [0.2, 0.25) is 22.3 Å². The van der Waals surface area contributed by atoms with Crippen LogP contribution in [0.2, 0.25) is 5.02 Å². The number of rotatable bonds is 5. The van der Waals surface area contributed by atoms with Crippen molar-refractivity contribution in [3.8, 4) is 11.5 Å². The maximum Gasteiger partial charge on any atom is 0.248 e. The summed E-state index contributed by atoms with van der Waals surface area (Å²) in [6.07, 6.45) is 1.14. The Kier molecular flexibility index (Phi) is 4.91. The number of primary sulfonamides is 1. The Balaban J connectivity index is 2.01. The number of halogens is 1. The van der Waals surface area contributed by atoms with Crippen LogP contribution in [0.3, 0.4) is 0 Å². The van der Waals surface area contributed by atoms with Crippen molar-refractivity contribution in [2.75, 3.05) is 0 Å². The van der Waals surface area contributed by atoms with Gasteiger partial charge in [0.15, 0.2) is 0 Å². The zero-order chi connectivity index (χ0) is 17.2. The molecule has 1 heterocycles. The molecule has 124 valence electrons. The minimum absolute atomic E-state index is 0.0268. The van der Waals surface area contributed by atoms with E-state index in [-0.39, 0.29) is 10.8 Å². The third-order valence-corrected chi connectivity index (χ3v) is 5.69. The summed E-state index contributed by atoms with van der Waals surface area (Å²) in [6.45, 7) is 0. The van der Waals surface area contributed by atoms with Crippen molar-refractivity contribution in [2.24, 2.45) is 5.14 Å². The first-order chi connectivity index (χ1) is 11.4. The lowest BCUT2D eigenvalue weighted by Crippen LogP contribution is -2.13. The number of nitrogens with two attached hydrogens (primary N) is 1. The van der Waals surface area contributed by atoms with Gasteiger partial charge in [-0.1, -0.05) is 41.9 Å². The van der Waals surface area contributed by atoms with Crippen molar-refractivity contribution >= 4 is 33.4 Å². The molecule has 3 rings (SSSR count). The van der Waals surface area contributed by atoms with Gasteiger partial charge in [-0.15, -0.1) is 22.0 Å². The third-order valence-electron chi connectivity index (χ3n) is 3.17. The van der Waals surface area contributed by atoms with E-state index in [0.29, 0.717) is 21.2 Å². The van der Waals surface area contributed by atoms with Crippen molar-refractivity contribution in [1.82, 2.24) is 10.2 Å². The Bertz CT molecular complexity index is 946. The fourth-order valence-corrected chi connectivity index (χ4v) is 4.43. The highest BCUT2D eigenvalue weighted by Crippen LogP contribution is 2.36. The highest BCUT2D eigenvalue weighted by molar-refractivity contribution is 7.99. The molecule has 0 fully saturated rings. The van der Waals surface area contributed by atoms with Crippen molar-refractivity contribution in [2.45, 2.75) is 15.5 Å². The van der Waals surface area contributed by atoms with Crippen molar-refractivity contribution in [3.63, 3.8) is 0 Å². The summed E-state index contributed by atoms with van der Waals surface area (Å²) in [5, 5.41) is 13.0. The summed E-state index contributed by atoms with van der Waals surface area (Å²) < 4.78 is 29.0. The van der Waals surface area contributed by atoms with Crippen LogP contribution in [-0.4, -0.2) is 18.6 Å². The van der Waals surface area contributed by atoms with Gasteiger partial charge < -0.3 is 4.42 Å². The van der Waals surface area contributed by atoms with E-state index in [9.17, 15) is 8.42 Å². The Morgan fingerprint density at radius 2 is 1.96 bits per heavy atom. The molecule has 0 radical (unpaired) electrons. The maximum absolute atomic E-state index is 12.0. The van der Waals surface area contributed by atoms with Gasteiger partial charge in [0.25, 0.3) is 0 Å². The Morgan fingerprint density at radius 3 is 2.58 bits per heavy atom. The fourth-order valence-electron chi connectivity index (χ4n) is 2.06. The van der Waals surface area contributed by atoms with Gasteiger partial charge in [-0.05, 0) is 17.7 Å². The van der Waals surface area contributed by atoms with Crippen LogP contribution in [0.1, 0.15) is 5.56 Å². The maximum atomic E-state index is 12.0. The number of thioether (sulfide) groups is 1. The molecule has 0 saturated heterocycles. The quantitative estimate of drug-likeness (QED) is 0.680. The van der Waals surface area contributed by atoms with Crippen molar-refractivity contribution < 1.29 is 12.8 Å².